The summed E-state index contributed by atoms with van der Waals surface area (Å²) in [6, 6.07) is 0. The fraction of sp³-hybridized carbons (Fsp3) is 0.846. The second-order valence-electron chi connectivity index (χ2n) is 5.25. The van der Waals surface area contributed by atoms with Gasteiger partial charge in [0.1, 0.15) is 0 Å². The van der Waals surface area contributed by atoms with Crippen molar-refractivity contribution in [1.29, 1.82) is 0 Å². The molecule has 0 heterocycles. The fourth-order valence-corrected chi connectivity index (χ4v) is 12.5. The maximum absolute atomic E-state index is 10.9. The van der Waals surface area contributed by atoms with Gasteiger partial charge in [0, 0.05) is 0 Å². The van der Waals surface area contributed by atoms with E-state index in [0.717, 1.165) is 6.26 Å². The molecule has 0 atom stereocenters. The monoisotopic (exact) mass is 384 g/mol. The average molecular weight is 383 g/mol. The minimum atomic E-state index is -3.30. The summed E-state index contributed by atoms with van der Waals surface area (Å²) in [6.07, 6.45) is 8.11. The first kappa shape index (κ1) is 18.4. The Kier molecular flexibility index (Phi) is 9.60. The molecule has 0 spiro atoms. The SMILES string of the molecule is CCC[CH2][Sn]([CH3])(/[CH]=C/COS(C)(=O)=O)[CH2]CCC. The van der Waals surface area contributed by atoms with Gasteiger partial charge in [-0.05, 0) is 0 Å². The van der Waals surface area contributed by atoms with E-state index in [-0.39, 0.29) is 6.61 Å². The third-order valence-electron chi connectivity index (χ3n) is 3.10. The number of unbranched alkanes of at least 4 members (excludes halogenated alkanes) is 2. The summed E-state index contributed by atoms with van der Waals surface area (Å²) in [4.78, 5) is 2.46. The normalized spacial score (nSPS) is 13.3. The summed E-state index contributed by atoms with van der Waals surface area (Å²) < 4.78 is 31.5. The van der Waals surface area contributed by atoms with Crippen LogP contribution in [-0.2, 0) is 14.3 Å². The fourth-order valence-electron chi connectivity index (χ4n) is 1.95. The first-order valence-electron chi connectivity index (χ1n) is 6.85. The second kappa shape index (κ2) is 9.37. The van der Waals surface area contributed by atoms with Crippen molar-refractivity contribution in [1.82, 2.24) is 0 Å². The summed E-state index contributed by atoms with van der Waals surface area (Å²) in [5.74, 6) is 0. The van der Waals surface area contributed by atoms with Gasteiger partial charge in [0.05, 0.1) is 0 Å². The van der Waals surface area contributed by atoms with E-state index < -0.39 is 28.5 Å². The zero-order valence-corrected chi connectivity index (χ0v) is 15.9. The number of hydrogen-bond acceptors (Lipinski definition) is 3. The quantitative estimate of drug-likeness (QED) is 0.427. The second-order valence-corrected chi connectivity index (χ2v) is 20.1. The zero-order chi connectivity index (χ0) is 14.1. The summed E-state index contributed by atoms with van der Waals surface area (Å²) in [5.41, 5.74) is 0. The first-order chi connectivity index (χ1) is 8.33. The van der Waals surface area contributed by atoms with E-state index in [2.05, 4.69) is 22.9 Å². The van der Waals surface area contributed by atoms with Crippen LogP contribution in [0.25, 0.3) is 0 Å². The molecule has 0 unspecified atom stereocenters. The predicted octanol–water partition coefficient (Wildman–Crippen LogP) is 3.74. The Bertz CT molecular complexity index is 328. The average Bonchev–Trinajstić information content (AvgIpc) is 2.29. The van der Waals surface area contributed by atoms with Crippen LogP contribution in [0.4, 0.5) is 0 Å². The molecule has 0 fully saturated rings. The van der Waals surface area contributed by atoms with Crippen molar-refractivity contribution in [2.24, 2.45) is 0 Å². The molecular formula is C13H28O3SSn. The number of hydrogen-bond donors (Lipinski definition) is 0. The van der Waals surface area contributed by atoms with Gasteiger partial charge in [-0.2, -0.15) is 0 Å². The molecule has 0 rings (SSSR count). The van der Waals surface area contributed by atoms with E-state index in [1.165, 1.54) is 34.6 Å². The Labute approximate surface area is 117 Å². The molecule has 0 aliphatic rings. The van der Waals surface area contributed by atoms with E-state index in [1.54, 1.807) is 0 Å². The summed E-state index contributed by atoms with van der Waals surface area (Å²) in [5, 5.41) is 0. The molecule has 0 aromatic carbocycles. The van der Waals surface area contributed by atoms with Crippen LogP contribution >= 0.6 is 0 Å². The van der Waals surface area contributed by atoms with Crippen LogP contribution in [0, 0.1) is 0 Å². The zero-order valence-electron chi connectivity index (χ0n) is 12.2. The van der Waals surface area contributed by atoms with Gasteiger partial charge < -0.3 is 0 Å². The molecular weight excluding hydrogens is 355 g/mol. The van der Waals surface area contributed by atoms with Gasteiger partial charge in [0.25, 0.3) is 0 Å². The Morgan fingerprint density at radius 2 is 1.61 bits per heavy atom. The molecule has 0 aliphatic heterocycles. The van der Waals surface area contributed by atoms with Gasteiger partial charge in [-0.1, -0.05) is 0 Å². The molecule has 0 saturated carbocycles. The molecule has 18 heavy (non-hydrogen) atoms. The van der Waals surface area contributed by atoms with Crippen LogP contribution in [0.15, 0.2) is 10.2 Å². The van der Waals surface area contributed by atoms with Crippen molar-refractivity contribution < 1.29 is 12.6 Å². The molecule has 0 aliphatic carbocycles. The summed E-state index contributed by atoms with van der Waals surface area (Å²) in [7, 11) is -3.30. The van der Waals surface area contributed by atoms with Gasteiger partial charge in [-0.15, -0.1) is 0 Å². The molecule has 3 nitrogen and oxygen atoms in total. The van der Waals surface area contributed by atoms with Gasteiger partial charge in [0.15, 0.2) is 0 Å². The predicted molar refractivity (Wildman–Crippen MR) is 81.0 cm³/mol. The van der Waals surface area contributed by atoms with E-state index in [1.807, 2.05) is 6.08 Å². The minimum absolute atomic E-state index is 0.198. The van der Waals surface area contributed by atoms with Crippen LogP contribution < -0.4 is 0 Å². The van der Waals surface area contributed by atoms with E-state index >= 15 is 0 Å². The Morgan fingerprint density at radius 1 is 1.11 bits per heavy atom. The Morgan fingerprint density at radius 3 is 2.00 bits per heavy atom. The van der Waals surface area contributed by atoms with E-state index in [9.17, 15) is 8.42 Å². The third-order valence-corrected chi connectivity index (χ3v) is 15.2. The number of rotatable bonds is 10. The van der Waals surface area contributed by atoms with Crippen LogP contribution in [0.1, 0.15) is 39.5 Å². The van der Waals surface area contributed by atoms with Gasteiger partial charge in [-0.25, -0.2) is 0 Å². The van der Waals surface area contributed by atoms with Crippen molar-refractivity contribution >= 4 is 28.5 Å². The standard InChI is InChI=1S/C4H7O3S.2C4H9.CH3.Sn/c1-3-4-7-8(2,5)6;2*1-3-4-2;;/h1,3H,4H2,2H3;2*1,3-4H2,2H3;1H3;. The van der Waals surface area contributed by atoms with Crippen LogP contribution in [0.3, 0.4) is 0 Å². The Hall–Kier alpha value is 0.449. The third kappa shape index (κ3) is 10.4. The van der Waals surface area contributed by atoms with Crippen LogP contribution in [-0.4, -0.2) is 39.7 Å². The topological polar surface area (TPSA) is 43.4 Å². The van der Waals surface area contributed by atoms with Gasteiger partial charge in [-0.3, -0.25) is 0 Å². The Balaban J connectivity index is 4.33. The molecule has 108 valence electrons. The summed E-state index contributed by atoms with van der Waals surface area (Å²) >= 11 is -2.12. The molecule has 5 heteroatoms. The van der Waals surface area contributed by atoms with Crippen molar-refractivity contribution in [2.45, 2.75) is 53.3 Å². The molecule has 0 bridgehead atoms. The van der Waals surface area contributed by atoms with Crippen molar-refractivity contribution in [3.05, 3.63) is 10.2 Å². The van der Waals surface area contributed by atoms with Crippen molar-refractivity contribution in [2.75, 3.05) is 12.9 Å². The van der Waals surface area contributed by atoms with E-state index in [0.29, 0.717) is 0 Å². The molecule has 0 radical (unpaired) electrons. The van der Waals surface area contributed by atoms with Crippen molar-refractivity contribution in [3.8, 4) is 0 Å². The first-order valence-corrected chi connectivity index (χ1v) is 17.2. The van der Waals surface area contributed by atoms with Crippen molar-refractivity contribution in [3.63, 3.8) is 0 Å². The van der Waals surface area contributed by atoms with E-state index in [4.69, 9.17) is 4.18 Å². The van der Waals surface area contributed by atoms with Crippen LogP contribution in [0.2, 0.25) is 13.8 Å². The van der Waals surface area contributed by atoms with Gasteiger partial charge >= 0.3 is 117 Å². The molecule has 0 amide bonds. The molecule has 0 aromatic rings. The van der Waals surface area contributed by atoms with Gasteiger partial charge in [0.2, 0.25) is 0 Å². The molecule has 0 N–H and O–H groups in total. The summed E-state index contributed by atoms with van der Waals surface area (Å²) in [6.45, 7) is 4.65. The maximum atomic E-state index is 10.9. The van der Waals surface area contributed by atoms with Crippen LogP contribution in [0.5, 0.6) is 0 Å². The molecule has 0 saturated heterocycles. The molecule has 0 aromatic heterocycles.